The van der Waals surface area contributed by atoms with Gasteiger partial charge >= 0.3 is 6.03 Å². The summed E-state index contributed by atoms with van der Waals surface area (Å²) >= 11 is 6.43. The van der Waals surface area contributed by atoms with Crippen LogP contribution in [0.3, 0.4) is 0 Å². The van der Waals surface area contributed by atoms with Crippen molar-refractivity contribution >= 4 is 29.4 Å². The second kappa shape index (κ2) is 11.2. The van der Waals surface area contributed by atoms with Gasteiger partial charge in [0.1, 0.15) is 12.2 Å². The predicted octanol–water partition coefficient (Wildman–Crippen LogP) is 3.52. The minimum absolute atomic E-state index is 0.00165. The zero-order valence-corrected chi connectivity index (χ0v) is 21.9. The van der Waals surface area contributed by atoms with Crippen molar-refractivity contribution in [2.45, 2.75) is 31.7 Å². The fraction of sp³-hybridized carbons (Fsp3) is 0.276. The molecular weight excluding hydrogens is 502 g/mol. The van der Waals surface area contributed by atoms with Gasteiger partial charge in [-0.05, 0) is 22.8 Å². The average Bonchev–Trinajstić information content (AvgIpc) is 2.92. The molecule has 196 valence electrons. The van der Waals surface area contributed by atoms with Crippen molar-refractivity contribution in [3.05, 3.63) is 107 Å². The van der Waals surface area contributed by atoms with Crippen LogP contribution < -0.4 is 5.32 Å². The molecule has 0 unspecified atom stereocenters. The molecule has 0 saturated carbocycles. The molecule has 9 heteroatoms. The molecule has 2 atom stereocenters. The molecule has 0 aliphatic carbocycles. The summed E-state index contributed by atoms with van der Waals surface area (Å²) in [7, 11) is 1.72. The Morgan fingerprint density at radius 2 is 1.55 bits per heavy atom. The smallest absolute Gasteiger partial charge is 0.333 e. The van der Waals surface area contributed by atoms with Crippen molar-refractivity contribution in [2.24, 2.45) is 0 Å². The van der Waals surface area contributed by atoms with Gasteiger partial charge in [-0.1, -0.05) is 90.5 Å². The molecule has 4 amide bonds. The second-order valence-corrected chi connectivity index (χ2v) is 10.0. The number of urea groups is 1. The number of nitrogens with zero attached hydrogens (tertiary/aromatic N) is 4. The zero-order chi connectivity index (χ0) is 26.6. The van der Waals surface area contributed by atoms with Gasteiger partial charge < -0.3 is 15.1 Å². The van der Waals surface area contributed by atoms with Crippen LogP contribution >= 0.6 is 11.6 Å². The molecule has 2 aliphatic heterocycles. The van der Waals surface area contributed by atoms with E-state index in [1.54, 1.807) is 32.9 Å². The summed E-state index contributed by atoms with van der Waals surface area (Å²) in [6.07, 6.45) is -0.310. The van der Waals surface area contributed by atoms with Crippen molar-refractivity contribution in [2.75, 3.05) is 20.1 Å². The molecule has 2 fully saturated rings. The highest BCUT2D eigenvalue weighted by molar-refractivity contribution is 6.31. The molecule has 0 aromatic heterocycles. The fourth-order valence-corrected chi connectivity index (χ4v) is 5.37. The lowest BCUT2D eigenvalue weighted by Gasteiger charge is -2.54. The lowest BCUT2D eigenvalue weighted by Crippen LogP contribution is -2.76. The van der Waals surface area contributed by atoms with Gasteiger partial charge in [0, 0.05) is 31.6 Å². The second-order valence-electron chi connectivity index (χ2n) is 9.60. The Morgan fingerprint density at radius 3 is 2.24 bits per heavy atom. The molecule has 3 aromatic carbocycles. The van der Waals surface area contributed by atoms with Gasteiger partial charge in [0.15, 0.2) is 0 Å². The Morgan fingerprint density at radius 1 is 0.921 bits per heavy atom. The number of likely N-dealkylation sites (N-methyl/N-ethyl adjacent to an activating group) is 1. The van der Waals surface area contributed by atoms with E-state index in [2.05, 4.69) is 5.32 Å². The van der Waals surface area contributed by atoms with E-state index in [0.717, 1.165) is 16.7 Å². The number of halogens is 1. The van der Waals surface area contributed by atoms with Crippen molar-refractivity contribution in [3.63, 3.8) is 0 Å². The van der Waals surface area contributed by atoms with Gasteiger partial charge in [-0.15, -0.1) is 0 Å². The van der Waals surface area contributed by atoms with Gasteiger partial charge in [0.25, 0.3) is 0 Å². The van der Waals surface area contributed by atoms with Crippen LogP contribution in [0.1, 0.15) is 16.7 Å². The molecule has 8 nitrogen and oxygen atoms in total. The van der Waals surface area contributed by atoms with Crippen LogP contribution in [-0.4, -0.2) is 70.0 Å². The van der Waals surface area contributed by atoms with Crippen LogP contribution in [0.15, 0.2) is 84.9 Å². The maximum atomic E-state index is 13.9. The quantitative estimate of drug-likeness (QED) is 0.528. The van der Waals surface area contributed by atoms with E-state index in [1.807, 2.05) is 78.9 Å². The summed E-state index contributed by atoms with van der Waals surface area (Å²) in [5.41, 5.74) is 2.72. The molecule has 5 rings (SSSR count). The van der Waals surface area contributed by atoms with E-state index >= 15 is 0 Å². The third-order valence-corrected chi connectivity index (χ3v) is 7.39. The maximum Gasteiger partial charge on any atom is 0.334 e. The molecule has 2 heterocycles. The van der Waals surface area contributed by atoms with Gasteiger partial charge in [-0.3, -0.25) is 9.59 Å². The normalized spacial score (nSPS) is 19.9. The molecule has 2 aliphatic rings. The highest BCUT2D eigenvalue weighted by atomic mass is 35.5. The summed E-state index contributed by atoms with van der Waals surface area (Å²) in [6, 6.07) is 25.6. The summed E-state index contributed by atoms with van der Waals surface area (Å²) in [5.74, 6) is -0.344. The number of rotatable bonds is 6. The van der Waals surface area contributed by atoms with Gasteiger partial charge in [0.05, 0.1) is 13.1 Å². The van der Waals surface area contributed by atoms with Gasteiger partial charge in [0.2, 0.25) is 11.8 Å². The molecule has 1 N–H and O–H groups in total. The van der Waals surface area contributed by atoms with E-state index in [1.165, 1.54) is 0 Å². The molecule has 38 heavy (non-hydrogen) atoms. The Labute approximate surface area is 227 Å². The molecule has 0 bridgehead atoms. The van der Waals surface area contributed by atoms with Crippen molar-refractivity contribution in [1.82, 2.24) is 25.1 Å². The average molecular weight is 532 g/mol. The van der Waals surface area contributed by atoms with Gasteiger partial charge in [-0.25, -0.2) is 14.8 Å². The Bertz CT molecular complexity index is 1310. The number of hydrogen-bond acceptors (Lipinski definition) is 4. The zero-order valence-electron chi connectivity index (χ0n) is 21.2. The number of amides is 4. The monoisotopic (exact) mass is 531 g/mol. The highest BCUT2D eigenvalue weighted by Crippen LogP contribution is 2.29. The fourth-order valence-electron chi connectivity index (χ4n) is 5.17. The van der Waals surface area contributed by atoms with E-state index in [9.17, 15) is 14.4 Å². The van der Waals surface area contributed by atoms with Crippen LogP contribution in [0, 0.1) is 0 Å². The number of hydrazine groups is 1. The first-order valence-electron chi connectivity index (χ1n) is 12.6. The predicted molar refractivity (Wildman–Crippen MR) is 145 cm³/mol. The largest absolute Gasteiger partial charge is 0.334 e. The van der Waals surface area contributed by atoms with Gasteiger partial charge in [-0.2, -0.15) is 0 Å². The lowest BCUT2D eigenvalue weighted by molar-refractivity contribution is -0.187. The first-order chi connectivity index (χ1) is 18.4. The number of hydrogen-bond donors (Lipinski definition) is 1. The van der Waals surface area contributed by atoms with E-state index < -0.39 is 12.2 Å². The first-order valence-corrected chi connectivity index (χ1v) is 13.0. The van der Waals surface area contributed by atoms with E-state index in [4.69, 9.17) is 11.6 Å². The van der Waals surface area contributed by atoms with Crippen molar-refractivity contribution < 1.29 is 14.4 Å². The van der Waals surface area contributed by atoms with Crippen molar-refractivity contribution in [3.8, 4) is 0 Å². The molecule has 3 aromatic rings. The van der Waals surface area contributed by atoms with E-state index in [-0.39, 0.29) is 37.5 Å². The summed E-state index contributed by atoms with van der Waals surface area (Å²) in [6.45, 7) is 0.800. The topological polar surface area (TPSA) is 76.2 Å². The summed E-state index contributed by atoms with van der Waals surface area (Å²) in [4.78, 5) is 44.1. The van der Waals surface area contributed by atoms with Crippen LogP contribution in [0.5, 0.6) is 0 Å². The molecule has 0 spiro atoms. The molecule has 0 radical (unpaired) electrons. The minimum atomic E-state index is -0.746. The number of nitrogens with one attached hydrogen (secondary N) is 1. The number of carbonyl (C=O) groups excluding carboxylic acids is 3. The molecular formula is C29H30ClN5O3. The third kappa shape index (κ3) is 5.37. The number of piperazine rings is 1. The Kier molecular flexibility index (Phi) is 7.62. The van der Waals surface area contributed by atoms with Crippen LogP contribution in [0.2, 0.25) is 5.02 Å². The standard InChI is InChI=1S/C29H30ClN5O3/c1-32-20-27(36)34-25(16-21-10-4-2-5-11-21)28(37)33(18-23-14-8-9-15-24(23)30)19-26(34)35(32)29(38)31-17-22-12-6-3-7-13-22/h2-15,25-26H,16-20H2,1H3,(H,31,38)/t25-,26-/m0/s1. The summed E-state index contributed by atoms with van der Waals surface area (Å²) in [5, 5.41) is 6.74. The highest BCUT2D eigenvalue weighted by Gasteiger charge is 2.50. The first kappa shape index (κ1) is 25.8. The van der Waals surface area contributed by atoms with Crippen molar-refractivity contribution in [1.29, 1.82) is 0 Å². The molecule has 2 saturated heterocycles. The Hall–Kier alpha value is -3.88. The maximum absolute atomic E-state index is 13.9. The number of fused-ring (bicyclic) bond motifs is 1. The Balaban J connectivity index is 1.46. The number of benzene rings is 3. The van der Waals surface area contributed by atoms with E-state index in [0.29, 0.717) is 18.0 Å². The van der Waals surface area contributed by atoms with Crippen LogP contribution in [0.4, 0.5) is 4.79 Å². The summed E-state index contributed by atoms with van der Waals surface area (Å²) < 4.78 is 0. The minimum Gasteiger partial charge on any atom is -0.333 e. The SMILES string of the molecule is CN1CC(=O)N2[C@@H](Cc3ccccc3)C(=O)N(Cc3ccccc3Cl)C[C@@H]2N1C(=O)NCc1ccccc1. The lowest BCUT2D eigenvalue weighted by atomic mass is 9.98. The van der Waals surface area contributed by atoms with Crippen LogP contribution in [0.25, 0.3) is 0 Å². The van der Waals surface area contributed by atoms with Crippen LogP contribution in [-0.2, 0) is 29.1 Å². The number of carbonyl (C=O) groups is 3. The third-order valence-electron chi connectivity index (χ3n) is 7.03.